The quantitative estimate of drug-likeness (QED) is 0.637. The van der Waals surface area contributed by atoms with Crippen LogP contribution in [0.3, 0.4) is 0 Å². The van der Waals surface area contributed by atoms with Crippen molar-refractivity contribution in [1.29, 1.82) is 0 Å². The molecule has 0 radical (unpaired) electrons. The molecule has 1 aromatic carbocycles. The number of fused-ring (bicyclic) bond motifs is 1. The molecule has 0 atom stereocenters. The highest BCUT2D eigenvalue weighted by Crippen LogP contribution is 2.30. The summed E-state index contributed by atoms with van der Waals surface area (Å²) in [5, 5.41) is 17.8. The molecule has 1 fully saturated rings. The smallest absolute Gasteiger partial charge is 0.229 e. The molecule has 0 amide bonds. The van der Waals surface area contributed by atoms with E-state index < -0.39 is 9.84 Å². The normalized spacial score (nSPS) is 20.1. The lowest BCUT2D eigenvalue weighted by atomic mass is 9.82. The number of sulfone groups is 1. The molecule has 2 heterocycles. The number of anilines is 2. The van der Waals surface area contributed by atoms with E-state index in [9.17, 15) is 13.5 Å². The van der Waals surface area contributed by atoms with E-state index in [2.05, 4.69) is 20.4 Å². The fourth-order valence-electron chi connectivity index (χ4n) is 3.82. The summed E-state index contributed by atoms with van der Waals surface area (Å²) in [6, 6.07) is 6.51. The number of aliphatic hydroxyl groups excluding tert-OH is 1. The molecule has 9 heteroatoms. The van der Waals surface area contributed by atoms with E-state index in [1.807, 2.05) is 4.68 Å². The third kappa shape index (κ3) is 4.56. The molecule has 0 unspecified atom stereocenters. The van der Waals surface area contributed by atoms with Crippen LogP contribution in [-0.2, 0) is 16.4 Å². The van der Waals surface area contributed by atoms with Crippen LogP contribution in [0, 0.1) is 11.8 Å². The number of aromatic nitrogens is 4. The Labute approximate surface area is 169 Å². The number of rotatable bonds is 6. The summed E-state index contributed by atoms with van der Waals surface area (Å²) >= 11 is 0. The van der Waals surface area contributed by atoms with Crippen LogP contribution in [0.5, 0.6) is 0 Å². The molecule has 4 rings (SSSR count). The molecular weight excluding hydrogens is 390 g/mol. The van der Waals surface area contributed by atoms with E-state index in [1.54, 1.807) is 36.7 Å². The molecule has 1 saturated carbocycles. The van der Waals surface area contributed by atoms with Gasteiger partial charge in [0.1, 0.15) is 0 Å². The molecule has 154 valence electrons. The van der Waals surface area contributed by atoms with Crippen LogP contribution in [-0.4, -0.2) is 46.1 Å². The monoisotopic (exact) mass is 415 g/mol. The lowest BCUT2D eigenvalue weighted by Crippen LogP contribution is -2.21. The van der Waals surface area contributed by atoms with E-state index in [1.165, 1.54) is 6.26 Å². The maximum absolute atomic E-state index is 11.6. The number of benzene rings is 1. The van der Waals surface area contributed by atoms with Crippen molar-refractivity contribution < 1.29 is 13.5 Å². The van der Waals surface area contributed by atoms with Gasteiger partial charge in [-0.1, -0.05) is 0 Å². The average molecular weight is 416 g/mol. The van der Waals surface area contributed by atoms with Crippen molar-refractivity contribution in [2.24, 2.45) is 11.8 Å². The van der Waals surface area contributed by atoms with Crippen LogP contribution in [0.4, 0.5) is 11.6 Å². The molecule has 0 aliphatic heterocycles. The van der Waals surface area contributed by atoms with Crippen molar-refractivity contribution >= 4 is 32.5 Å². The van der Waals surface area contributed by atoms with Crippen LogP contribution in [0.25, 0.3) is 11.0 Å². The van der Waals surface area contributed by atoms with Crippen LogP contribution < -0.4 is 5.32 Å². The minimum Gasteiger partial charge on any atom is -0.396 e. The average Bonchev–Trinajstić information content (AvgIpc) is 3.10. The Balaban J connectivity index is 1.49. The van der Waals surface area contributed by atoms with Crippen molar-refractivity contribution in [3.05, 3.63) is 36.7 Å². The first-order chi connectivity index (χ1) is 13.9. The lowest BCUT2D eigenvalue weighted by Gasteiger charge is -2.27. The summed E-state index contributed by atoms with van der Waals surface area (Å²) in [5.74, 6) is 1.42. The predicted molar refractivity (Wildman–Crippen MR) is 111 cm³/mol. The first-order valence-electron chi connectivity index (χ1n) is 9.79. The van der Waals surface area contributed by atoms with Crippen molar-refractivity contribution in [2.75, 3.05) is 18.2 Å². The minimum absolute atomic E-state index is 0.272. The summed E-state index contributed by atoms with van der Waals surface area (Å²) in [4.78, 5) is 9.22. The van der Waals surface area contributed by atoms with Crippen LogP contribution >= 0.6 is 0 Å². The summed E-state index contributed by atoms with van der Waals surface area (Å²) in [5.41, 5.74) is 1.49. The molecule has 1 aliphatic rings. The zero-order valence-electron chi connectivity index (χ0n) is 16.3. The van der Waals surface area contributed by atoms with Gasteiger partial charge >= 0.3 is 0 Å². The van der Waals surface area contributed by atoms with Gasteiger partial charge in [-0.25, -0.2) is 18.1 Å². The second kappa shape index (κ2) is 8.08. The Kier molecular flexibility index (Phi) is 5.51. The Bertz CT molecular complexity index is 1090. The molecule has 1 aliphatic carbocycles. The van der Waals surface area contributed by atoms with Gasteiger partial charge in [0.05, 0.1) is 16.5 Å². The molecule has 29 heavy (non-hydrogen) atoms. The highest BCUT2D eigenvalue weighted by atomic mass is 32.2. The van der Waals surface area contributed by atoms with Crippen LogP contribution in [0.15, 0.2) is 41.6 Å². The molecule has 3 aromatic rings. The van der Waals surface area contributed by atoms with Gasteiger partial charge in [0.25, 0.3) is 0 Å². The number of nitrogens with one attached hydrogen (secondary N) is 1. The van der Waals surface area contributed by atoms with E-state index in [0.717, 1.165) is 43.3 Å². The van der Waals surface area contributed by atoms with Crippen molar-refractivity contribution in [1.82, 2.24) is 19.7 Å². The number of nitrogens with zero attached hydrogens (tertiary/aromatic N) is 4. The highest BCUT2D eigenvalue weighted by Gasteiger charge is 2.22. The van der Waals surface area contributed by atoms with Gasteiger partial charge < -0.3 is 10.4 Å². The zero-order chi connectivity index (χ0) is 20.4. The summed E-state index contributed by atoms with van der Waals surface area (Å²) in [7, 11) is -3.22. The third-order valence-corrected chi connectivity index (χ3v) is 6.70. The minimum atomic E-state index is -3.22. The van der Waals surface area contributed by atoms with E-state index in [-0.39, 0.29) is 11.5 Å². The SMILES string of the molecule is CS(=O)(=O)c1ccc(Nc2ncc3cnn(CC4CCC(CO)CC4)c3n2)cc1. The molecule has 2 aromatic heterocycles. The lowest BCUT2D eigenvalue weighted by molar-refractivity contribution is 0.160. The van der Waals surface area contributed by atoms with Crippen molar-refractivity contribution in [3.8, 4) is 0 Å². The van der Waals surface area contributed by atoms with E-state index in [0.29, 0.717) is 23.5 Å². The second-order valence-electron chi connectivity index (χ2n) is 7.79. The second-order valence-corrected chi connectivity index (χ2v) is 9.81. The topological polar surface area (TPSA) is 110 Å². The summed E-state index contributed by atoms with van der Waals surface area (Å²) < 4.78 is 25.1. The van der Waals surface area contributed by atoms with Crippen molar-refractivity contribution in [2.45, 2.75) is 37.1 Å². The summed E-state index contributed by atoms with van der Waals surface area (Å²) in [6.07, 6.45) is 9.01. The van der Waals surface area contributed by atoms with E-state index in [4.69, 9.17) is 0 Å². The summed E-state index contributed by atoms with van der Waals surface area (Å²) in [6.45, 7) is 1.09. The Morgan fingerprint density at radius 3 is 2.45 bits per heavy atom. The number of hydrogen-bond acceptors (Lipinski definition) is 7. The van der Waals surface area contributed by atoms with Gasteiger partial charge in [-0.2, -0.15) is 10.1 Å². The Morgan fingerprint density at radius 1 is 1.10 bits per heavy atom. The van der Waals surface area contributed by atoms with Gasteiger partial charge in [-0.15, -0.1) is 0 Å². The first-order valence-corrected chi connectivity index (χ1v) is 11.7. The fourth-order valence-corrected chi connectivity index (χ4v) is 4.45. The molecule has 0 spiro atoms. The van der Waals surface area contributed by atoms with Crippen LogP contribution in [0.1, 0.15) is 25.7 Å². The standard InChI is InChI=1S/C20H25N5O3S/c1-29(27,28)18-8-6-17(7-9-18)23-20-21-10-16-11-22-25(19(16)24-20)12-14-2-4-15(13-26)5-3-14/h6-11,14-15,26H,2-5,12-13H2,1H3,(H,21,23,24). The molecule has 0 saturated heterocycles. The van der Waals surface area contributed by atoms with Gasteiger partial charge in [-0.3, -0.25) is 0 Å². The zero-order valence-corrected chi connectivity index (χ0v) is 17.1. The number of aliphatic hydroxyl groups is 1. The largest absolute Gasteiger partial charge is 0.396 e. The molecule has 2 N–H and O–H groups in total. The highest BCUT2D eigenvalue weighted by molar-refractivity contribution is 7.90. The maximum atomic E-state index is 11.6. The van der Waals surface area contributed by atoms with Crippen LogP contribution in [0.2, 0.25) is 0 Å². The van der Waals surface area contributed by atoms with Gasteiger partial charge in [-0.05, 0) is 61.8 Å². The Hall–Kier alpha value is -2.52. The van der Waals surface area contributed by atoms with Gasteiger partial charge in [0, 0.05) is 31.3 Å². The third-order valence-electron chi connectivity index (χ3n) is 5.57. The molecular formula is C20H25N5O3S. The fraction of sp³-hybridized carbons (Fsp3) is 0.450. The van der Waals surface area contributed by atoms with Gasteiger partial charge in [0.15, 0.2) is 15.5 Å². The first kappa shape index (κ1) is 19.8. The Morgan fingerprint density at radius 2 is 1.79 bits per heavy atom. The molecule has 0 bridgehead atoms. The van der Waals surface area contributed by atoms with Gasteiger partial charge in [0.2, 0.25) is 5.95 Å². The van der Waals surface area contributed by atoms with Crippen molar-refractivity contribution in [3.63, 3.8) is 0 Å². The predicted octanol–water partition coefficient (Wildman–Crippen LogP) is 2.77. The van der Waals surface area contributed by atoms with E-state index >= 15 is 0 Å². The number of hydrogen-bond donors (Lipinski definition) is 2. The molecule has 8 nitrogen and oxygen atoms in total. The maximum Gasteiger partial charge on any atom is 0.229 e.